The van der Waals surface area contributed by atoms with Crippen LogP contribution in [0.4, 0.5) is 0 Å². The first kappa shape index (κ1) is 18.5. The van der Waals surface area contributed by atoms with E-state index in [1.807, 2.05) is 83.8 Å². The normalized spacial score (nSPS) is 10.3. The molecular weight excluding hydrogens is 338 g/mol. The van der Waals surface area contributed by atoms with Gasteiger partial charge in [0.25, 0.3) is 5.91 Å². The first-order valence-corrected chi connectivity index (χ1v) is 8.80. The van der Waals surface area contributed by atoms with Gasteiger partial charge in [-0.1, -0.05) is 42.5 Å². The van der Waals surface area contributed by atoms with E-state index in [4.69, 9.17) is 9.47 Å². The van der Waals surface area contributed by atoms with Gasteiger partial charge in [-0.25, -0.2) is 0 Å². The monoisotopic (exact) mass is 361 g/mol. The fourth-order valence-electron chi connectivity index (χ4n) is 2.87. The number of rotatable bonds is 7. The van der Waals surface area contributed by atoms with E-state index < -0.39 is 0 Å². The van der Waals surface area contributed by atoms with Crippen molar-refractivity contribution in [2.75, 3.05) is 14.2 Å². The highest BCUT2D eigenvalue weighted by molar-refractivity contribution is 5.94. The zero-order valence-corrected chi connectivity index (χ0v) is 15.6. The van der Waals surface area contributed by atoms with Crippen LogP contribution in [-0.2, 0) is 13.1 Å². The predicted molar refractivity (Wildman–Crippen MR) is 106 cm³/mol. The number of benzene rings is 3. The fraction of sp³-hybridized carbons (Fsp3) is 0.174. The lowest BCUT2D eigenvalue weighted by atomic mass is 10.1. The third kappa shape index (κ3) is 4.88. The molecule has 0 fully saturated rings. The first-order chi connectivity index (χ1) is 13.2. The lowest BCUT2D eigenvalue weighted by Gasteiger charge is -2.23. The van der Waals surface area contributed by atoms with Gasteiger partial charge in [-0.3, -0.25) is 4.79 Å². The Morgan fingerprint density at radius 1 is 0.704 bits per heavy atom. The van der Waals surface area contributed by atoms with Gasteiger partial charge < -0.3 is 14.4 Å². The average molecular weight is 361 g/mol. The molecule has 0 N–H and O–H groups in total. The molecule has 3 rings (SSSR count). The standard InChI is InChI=1S/C23H23NO3/c1-26-21-12-8-18(9-13-21)16-24(23(25)20-6-4-3-5-7-20)17-19-10-14-22(27-2)15-11-19/h3-15H,16-17H2,1-2H3. The molecule has 3 aromatic carbocycles. The number of carbonyl (C=O) groups is 1. The van der Waals surface area contributed by atoms with Crippen LogP contribution in [0.25, 0.3) is 0 Å². The van der Waals surface area contributed by atoms with Crippen LogP contribution >= 0.6 is 0 Å². The van der Waals surface area contributed by atoms with Crippen LogP contribution in [0.3, 0.4) is 0 Å². The van der Waals surface area contributed by atoms with Crippen LogP contribution in [-0.4, -0.2) is 25.0 Å². The zero-order chi connectivity index (χ0) is 19.1. The Bertz CT molecular complexity index is 809. The average Bonchev–Trinajstić information content (AvgIpc) is 2.74. The van der Waals surface area contributed by atoms with E-state index in [1.165, 1.54) is 0 Å². The van der Waals surface area contributed by atoms with Gasteiger partial charge in [0.05, 0.1) is 14.2 Å². The molecule has 0 bridgehead atoms. The van der Waals surface area contributed by atoms with Gasteiger partial charge in [-0.15, -0.1) is 0 Å². The Morgan fingerprint density at radius 2 is 1.15 bits per heavy atom. The highest BCUT2D eigenvalue weighted by Crippen LogP contribution is 2.18. The Kier molecular flexibility index (Phi) is 6.10. The Morgan fingerprint density at radius 3 is 1.56 bits per heavy atom. The van der Waals surface area contributed by atoms with Crippen molar-refractivity contribution in [3.63, 3.8) is 0 Å². The van der Waals surface area contributed by atoms with Gasteiger partial charge in [0.2, 0.25) is 0 Å². The molecule has 0 spiro atoms. The molecule has 0 saturated heterocycles. The molecule has 0 unspecified atom stereocenters. The third-order valence-electron chi connectivity index (χ3n) is 4.37. The van der Waals surface area contributed by atoms with Crippen molar-refractivity contribution in [3.05, 3.63) is 95.6 Å². The van der Waals surface area contributed by atoms with Crippen LogP contribution in [0.15, 0.2) is 78.9 Å². The molecule has 0 atom stereocenters. The topological polar surface area (TPSA) is 38.8 Å². The van der Waals surface area contributed by atoms with Crippen LogP contribution in [0.2, 0.25) is 0 Å². The summed E-state index contributed by atoms with van der Waals surface area (Å²) in [5.41, 5.74) is 2.78. The van der Waals surface area contributed by atoms with Crippen molar-refractivity contribution in [2.45, 2.75) is 13.1 Å². The minimum atomic E-state index is 0.00207. The lowest BCUT2D eigenvalue weighted by molar-refractivity contribution is 0.0730. The second kappa shape index (κ2) is 8.90. The number of hydrogen-bond donors (Lipinski definition) is 0. The van der Waals surface area contributed by atoms with Crippen molar-refractivity contribution in [3.8, 4) is 11.5 Å². The largest absolute Gasteiger partial charge is 0.497 e. The number of hydrogen-bond acceptors (Lipinski definition) is 3. The molecule has 0 heterocycles. The molecule has 0 radical (unpaired) electrons. The first-order valence-electron chi connectivity index (χ1n) is 8.80. The van der Waals surface area contributed by atoms with Gasteiger partial charge >= 0.3 is 0 Å². The minimum Gasteiger partial charge on any atom is -0.497 e. The van der Waals surface area contributed by atoms with Crippen molar-refractivity contribution in [1.29, 1.82) is 0 Å². The molecule has 138 valence electrons. The Balaban J connectivity index is 1.83. The molecule has 0 aliphatic heterocycles. The number of amides is 1. The molecule has 0 aliphatic rings. The van der Waals surface area contributed by atoms with Crippen LogP contribution in [0.1, 0.15) is 21.5 Å². The molecule has 0 aliphatic carbocycles. The quantitative estimate of drug-likeness (QED) is 0.620. The van der Waals surface area contributed by atoms with Crippen molar-refractivity contribution in [1.82, 2.24) is 4.90 Å². The number of carbonyl (C=O) groups excluding carboxylic acids is 1. The van der Waals surface area contributed by atoms with Crippen molar-refractivity contribution < 1.29 is 14.3 Å². The molecule has 27 heavy (non-hydrogen) atoms. The number of nitrogens with zero attached hydrogens (tertiary/aromatic N) is 1. The van der Waals surface area contributed by atoms with E-state index in [9.17, 15) is 4.79 Å². The van der Waals surface area contributed by atoms with Gasteiger partial charge in [0.1, 0.15) is 11.5 Å². The molecule has 4 nitrogen and oxygen atoms in total. The molecule has 0 aromatic heterocycles. The summed E-state index contributed by atoms with van der Waals surface area (Å²) in [6.45, 7) is 1.04. The summed E-state index contributed by atoms with van der Waals surface area (Å²) < 4.78 is 10.4. The summed E-state index contributed by atoms with van der Waals surface area (Å²) in [5.74, 6) is 1.60. The maximum absolute atomic E-state index is 13.1. The third-order valence-corrected chi connectivity index (χ3v) is 4.37. The van der Waals surface area contributed by atoms with Crippen LogP contribution in [0, 0.1) is 0 Å². The highest BCUT2D eigenvalue weighted by atomic mass is 16.5. The minimum absolute atomic E-state index is 0.00207. The zero-order valence-electron chi connectivity index (χ0n) is 15.6. The van der Waals surface area contributed by atoms with E-state index >= 15 is 0 Å². The lowest BCUT2D eigenvalue weighted by Crippen LogP contribution is -2.30. The summed E-state index contributed by atoms with van der Waals surface area (Å²) in [5, 5.41) is 0. The van der Waals surface area contributed by atoms with Gasteiger partial charge in [0.15, 0.2) is 0 Å². The summed E-state index contributed by atoms with van der Waals surface area (Å²) >= 11 is 0. The summed E-state index contributed by atoms with van der Waals surface area (Å²) in [4.78, 5) is 14.9. The smallest absolute Gasteiger partial charge is 0.254 e. The van der Waals surface area contributed by atoms with Crippen LogP contribution < -0.4 is 9.47 Å². The number of ether oxygens (including phenoxy) is 2. The second-order valence-electron chi connectivity index (χ2n) is 6.22. The Hall–Kier alpha value is -3.27. The fourth-order valence-corrected chi connectivity index (χ4v) is 2.87. The van der Waals surface area contributed by atoms with E-state index in [1.54, 1.807) is 14.2 Å². The highest BCUT2D eigenvalue weighted by Gasteiger charge is 2.16. The number of methoxy groups -OCH3 is 2. The molecule has 0 saturated carbocycles. The van der Waals surface area contributed by atoms with E-state index in [0.717, 1.165) is 22.6 Å². The molecule has 4 heteroatoms. The maximum Gasteiger partial charge on any atom is 0.254 e. The molecule has 1 amide bonds. The van der Waals surface area contributed by atoms with E-state index in [2.05, 4.69) is 0 Å². The molecule has 3 aromatic rings. The Labute approximate surface area is 160 Å². The van der Waals surface area contributed by atoms with Crippen LogP contribution in [0.5, 0.6) is 11.5 Å². The summed E-state index contributed by atoms with van der Waals surface area (Å²) in [7, 11) is 3.29. The SMILES string of the molecule is COc1ccc(CN(Cc2ccc(OC)cc2)C(=O)c2ccccc2)cc1. The van der Waals surface area contributed by atoms with Crippen molar-refractivity contribution >= 4 is 5.91 Å². The second-order valence-corrected chi connectivity index (χ2v) is 6.22. The maximum atomic E-state index is 13.1. The van der Waals surface area contributed by atoms with Gasteiger partial charge in [-0.2, -0.15) is 0 Å². The predicted octanol–water partition coefficient (Wildman–Crippen LogP) is 4.55. The molecular formula is C23H23NO3. The summed E-state index contributed by atoms with van der Waals surface area (Å²) in [6.07, 6.45) is 0. The van der Waals surface area contributed by atoms with Crippen molar-refractivity contribution in [2.24, 2.45) is 0 Å². The van der Waals surface area contributed by atoms with E-state index in [-0.39, 0.29) is 5.91 Å². The summed E-state index contributed by atoms with van der Waals surface area (Å²) in [6, 6.07) is 24.9. The van der Waals surface area contributed by atoms with E-state index in [0.29, 0.717) is 18.7 Å². The van der Waals surface area contributed by atoms with Gasteiger partial charge in [0, 0.05) is 18.7 Å². The van der Waals surface area contributed by atoms with Gasteiger partial charge in [-0.05, 0) is 47.5 Å².